The number of hydrogen-bond donors (Lipinski definition) is 3. The molecule has 0 bridgehead atoms. The Balaban J connectivity index is 1.99. The second-order valence-electron chi connectivity index (χ2n) is 5.92. The number of amides is 3. The van der Waals surface area contributed by atoms with Gasteiger partial charge in [-0.2, -0.15) is 0 Å². The molecule has 0 fully saturated rings. The van der Waals surface area contributed by atoms with Crippen molar-refractivity contribution in [2.75, 3.05) is 5.32 Å². The van der Waals surface area contributed by atoms with Crippen LogP contribution in [0.25, 0.3) is 0 Å². The van der Waals surface area contributed by atoms with Crippen molar-refractivity contribution >= 4 is 35.2 Å². The number of nitrogens with two attached hydrogens (primary N) is 1. The number of carbonyl (C=O) groups is 3. The number of primary amides is 1. The lowest BCUT2D eigenvalue weighted by Gasteiger charge is -2.20. The van der Waals surface area contributed by atoms with E-state index in [0.29, 0.717) is 16.3 Å². The quantitative estimate of drug-likeness (QED) is 0.612. The van der Waals surface area contributed by atoms with Crippen molar-refractivity contribution in [3.8, 4) is 0 Å². The summed E-state index contributed by atoms with van der Waals surface area (Å²) in [7, 11) is 0. The first kappa shape index (κ1) is 21.2. The molecule has 0 aromatic heterocycles. The second kappa shape index (κ2) is 9.70. The van der Waals surface area contributed by atoms with Gasteiger partial charge in [0.25, 0.3) is 5.91 Å². The molecule has 4 N–H and O–H groups in total. The summed E-state index contributed by atoms with van der Waals surface area (Å²) in [5.41, 5.74) is 6.02. The van der Waals surface area contributed by atoms with Crippen LogP contribution in [0.3, 0.4) is 0 Å². The molecule has 2 aromatic carbocycles. The Kier molecular flexibility index (Phi) is 7.34. The van der Waals surface area contributed by atoms with Crippen LogP contribution in [0.4, 0.5) is 14.9 Å². The van der Waals surface area contributed by atoms with Crippen molar-refractivity contribution in [1.82, 2.24) is 5.32 Å². The van der Waals surface area contributed by atoms with Crippen LogP contribution in [0.2, 0.25) is 5.02 Å². The van der Waals surface area contributed by atoms with E-state index in [0.717, 1.165) is 0 Å². The van der Waals surface area contributed by atoms with E-state index in [-0.39, 0.29) is 6.42 Å². The summed E-state index contributed by atoms with van der Waals surface area (Å²) in [6.07, 6.45) is -1.39. The van der Waals surface area contributed by atoms with Crippen LogP contribution >= 0.6 is 11.6 Å². The van der Waals surface area contributed by atoms with E-state index in [4.69, 9.17) is 22.1 Å². The van der Waals surface area contributed by atoms with Crippen LogP contribution in [-0.4, -0.2) is 24.0 Å². The number of hydrogen-bond acceptors (Lipinski definition) is 4. The van der Waals surface area contributed by atoms with Crippen molar-refractivity contribution in [2.24, 2.45) is 5.73 Å². The molecule has 0 saturated heterocycles. The van der Waals surface area contributed by atoms with Crippen LogP contribution in [0.15, 0.2) is 48.5 Å². The van der Waals surface area contributed by atoms with Gasteiger partial charge >= 0.3 is 12.0 Å². The average Bonchev–Trinajstić information content (AvgIpc) is 2.63. The molecule has 0 radical (unpaired) electrons. The molecule has 7 nitrogen and oxygen atoms in total. The van der Waals surface area contributed by atoms with Gasteiger partial charge in [0.05, 0.1) is 12.5 Å². The first-order chi connectivity index (χ1) is 13.3. The Morgan fingerprint density at radius 3 is 2.39 bits per heavy atom. The van der Waals surface area contributed by atoms with Crippen LogP contribution in [-0.2, 0) is 14.3 Å². The van der Waals surface area contributed by atoms with E-state index < -0.39 is 35.9 Å². The largest absolute Gasteiger partial charge is 0.452 e. The minimum Gasteiger partial charge on any atom is -0.452 e. The van der Waals surface area contributed by atoms with Crippen molar-refractivity contribution in [2.45, 2.75) is 25.5 Å². The van der Waals surface area contributed by atoms with Gasteiger partial charge in [-0.05, 0) is 42.8 Å². The van der Waals surface area contributed by atoms with Crippen molar-refractivity contribution in [3.63, 3.8) is 0 Å². The third-order valence-corrected chi connectivity index (χ3v) is 4.10. The molecule has 0 spiro atoms. The summed E-state index contributed by atoms with van der Waals surface area (Å²) in [4.78, 5) is 35.6. The third kappa shape index (κ3) is 6.24. The summed E-state index contributed by atoms with van der Waals surface area (Å²) >= 11 is 6.11. The van der Waals surface area contributed by atoms with Crippen LogP contribution in [0, 0.1) is 5.82 Å². The number of nitrogens with one attached hydrogen (secondary N) is 2. The number of urea groups is 1. The number of esters is 1. The maximum Gasteiger partial charge on any atom is 0.312 e. The van der Waals surface area contributed by atoms with Crippen LogP contribution < -0.4 is 16.4 Å². The predicted octanol–water partition coefficient (Wildman–Crippen LogP) is 3.15. The summed E-state index contributed by atoms with van der Waals surface area (Å²) in [6.45, 7) is 1.39. The zero-order chi connectivity index (χ0) is 20.7. The SMILES string of the molecule is C[C@@H](OC(=O)C[C@@H](NC(N)=O)c1ccccc1Cl)C(=O)Nc1ccc(F)cc1. The lowest BCUT2D eigenvalue weighted by atomic mass is 10.0. The zero-order valence-corrected chi connectivity index (χ0v) is 15.7. The molecule has 0 aliphatic rings. The highest BCUT2D eigenvalue weighted by Crippen LogP contribution is 2.25. The first-order valence-electron chi connectivity index (χ1n) is 8.32. The number of rotatable bonds is 7. The molecule has 2 atom stereocenters. The molecule has 28 heavy (non-hydrogen) atoms. The van der Waals surface area contributed by atoms with Gasteiger partial charge in [-0.15, -0.1) is 0 Å². The minimum absolute atomic E-state index is 0.277. The van der Waals surface area contributed by atoms with E-state index in [1.807, 2.05) is 0 Å². The van der Waals surface area contributed by atoms with E-state index in [1.54, 1.807) is 24.3 Å². The summed E-state index contributed by atoms with van der Waals surface area (Å²) in [6, 6.07) is 10.1. The maximum atomic E-state index is 12.9. The average molecular weight is 408 g/mol. The van der Waals surface area contributed by atoms with Gasteiger partial charge in [0.1, 0.15) is 5.82 Å². The molecule has 0 unspecified atom stereocenters. The van der Waals surface area contributed by atoms with E-state index in [9.17, 15) is 18.8 Å². The van der Waals surface area contributed by atoms with Gasteiger partial charge in [0.2, 0.25) is 0 Å². The fourth-order valence-corrected chi connectivity index (χ4v) is 2.68. The standard InChI is InChI=1S/C19H19ClFN3O4/c1-11(18(26)23-13-8-6-12(21)7-9-13)28-17(25)10-16(24-19(22)27)14-4-2-3-5-15(14)20/h2-9,11,16H,10H2,1H3,(H,23,26)(H3,22,24,27)/t11-,16-/m1/s1. The van der Waals surface area contributed by atoms with Crippen molar-refractivity contribution in [1.29, 1.82) is 0 Å². The fourth-order valence-electron chi connectivity index (χ4n) is 2.41. The topological polar surface area (TPSA) is 111 Å². The maximum absolute atomic E-state index is 12.9. The van der Waals surface area contributed by atoms with Gasteiger partial charge in [-0.25, -0.2) is 9.18 Å². The van der Waals surface area contributed by atoms with Gasteiger partial charge < -0.3 is 21.1 Å². The Labute approximate surface area is 166 Å². The van der Waals surface area contributed by atoms with Gasteiger partial charge in [0, 0.05) is 10.7 Å². The molecule has 2 aromatic rings. The van der Waals surface area contributed by atoms with E-state index in [2.05, 4.69) is 10.6 Å². The van der Waals surface area contributed by atoms with Crippen molar-refractivity contribution in [3.05, 3.63) is 64.9 Å². The van der Waals surface area contributed by atoms with E-state index >= 15 is 0 Å². The normalized spacial score (nSPS) is 12.5. The zero-order valence-electron chi connectivity index (χ0n) is 14.9. The second-order valence-corrected chi connectivity index (χ2v) is 6.32. The number of benzene rings is 2. The smallest absolute Gasteiger partial charge is 0.312 e. The molecule has 0 aliphatic heterocycles. The Hall–Kier alpha value is -3.13. The number of halogens is 2. The fraction of sp³-hybridized carbons (Fsp3) is 0.211. The molecule has 0 heterocycles. The third-order valence-electron chi connectivity index (χ3n) is 3.76. The Morgan fingerprint density at radius 2 is 1.79 bits per heavy atom. The summed E-state index contributed by atoms with van der Waals surface area (Å²) in [5.74, 6) is -1.76. The highest BCUT2D eigenvalue weighted by atomic mass is 35.5. The molecule has 148 valence electrons. The van der Waals surface area contributed by atoms with Gasteiger partial charge in [0.15, 0.2) is 6.10 Å². The summed E-state index contributed by atoms with van der Waals surface area (Å²) in [5, 5.41) is 5.28. The van der Waals surface area contributed by atoms with Crippen LogP contribution in [0.1, 0.15) is 24.9 Å². The molecule has 3 amide bonds. The number of anilines is 1. The first-order valence-corrected chi connectivity index (χ1v) is 8.70. The van der Waals surface area contributed by atoms with E-state index in [1.165, 1.54) is 31.2 Å². The molecule has 9 heteroatoms. The molecular weight excluding hydrogens is 389 g/mol. The van der Waals surface area contributed by atoms with Crippen molar-refractivity contribution < 1.29 is 23.5 Å². The highest BCUT2D eigenvalue weighted by Gasteiger charge is 2.24. The molecule has 2 rings (SSSR count). The number of carbonyl (C=O) groups excluding carboxylic acids is 3. The molecule has 0 aliphatic carbocycles. The minimum atomic E-state index is -1.11. The monoisotopic (exact) mass is 407 g/mol. The lowest BCUT2D eigenvalue weighted by Crippen LogP contribution is -2.36. The summed E-state index contributed by atoms with van der Waals surface area (Å²) < 4.78 is 18.0. The number of ether oxygens (including phenoxy) is 1. The Bertz CT molecular complexity index is 861. The molecule has 0 saturated carbocycles. The predicted molar refractivity (Wildman–Crippen MR) is 102 cm³/mol. The lowest BCUT2D eigenvalue weighted by molar-refractivity contribution is -0.153. The van der Waals surface area contributed by atoms with Gasteiger partial charge in [-0.3, -0.25) is 9.59 Å². The highest BCUT2D eigenvalue weighted by molar-refractivity contribution is 6.31. The molecular formula is C19H19ClFN3O4. The Morgan fingerprint density at radius 1 is 1.14 bits per heavy atom. The van der Waals surface area contributed by atoms with Crippen LogP contribution in [0.5, 0.6) is 0 Å². The van der Waals surface area contributed by atoms with Gasteiger partial charge in [-0.1, -0.05) is 29.8 Å².